The molecular weight excluding hydrogens is 280 g/mol. The van der Waals surface area contributed by atoms with E-state index >= 15 is 0 Å². The van der Waals surface area contributed by atoms with Crippen LogP contribution < -0.4 is 4.90 Å². The largest absolute Gasteiger partial charge is 0.368 e. The Hall–Kier alpha value is -1.80. The SMILES string of the molecule is CC(c1ccccc1)N1CCC(N2CCc3ccccc32)CC1. The molecule has 0 saturated carbocycles. The monoisotopic (exact) mass is 306 g/mol. The minimum atomic E-state index is 0.531. The molecule has 2 aliphatic rings. The van der Waals surface area contributed by atoms with E-state index in [2.05, 4.69) is 71.3 Å². The Balaban J connectivity index is 1.40. The van der Waals surface area contributed by atoms with Crippen LogP contribution in [-0.4, -0.2) is 30.6 Å². The molecule has 0 amide bonds. The van der Waals surface area contributed by atoms with E-state index in [1.54, 1.807) is 0 Å². The lowest BCUT2D eigenvalue weighted by molar-refractivity contribution is 0.161. The molecule has 2 aromatic carbocycles. The summed E-state index contributed by atoms with van der Waals surface area (Å²) in [7, 11) is 0. The zero-order valence-electron chi connectivity index (χ0n) is 14.0. The van der Waals surface area contributed by atoms with Crippen LogP contribution in [-0.2, 0) is 6.42 Å². The van der Waals surface area contributed by atoms with E-state index in [-0.39, 0.29) is 0 Å². The number of rotatable bonds is 3. The maximum Gasteiger partial charge on any atom is 0.0402 e. The predicted molar refractivity (Wildman–Crippen MR) is 96.9 cm³/mol. The Kier molecular flexibility index (Phi) is 4.09. The summed E-state index contributed by atoms with van der Waals surface area (Å²) in [5, 5.41) is 0. The van der Waals surface area contributed by atoms with Gasteiger partial charge in [-0.05, 0) is 43.4 Å². The molecule has 2 aliphatic heterocycles. The summed E-state index contributed by atoms with van der Waals surface area (Å²) in [6.45, 7) is 5.97. The summed E-state index contributed by atoms with van der Waals surface area (Å²) < 4.78 is 0. The van der Waals surface area contributed by atoms with Gasteiger partial charge >= 0.3 is 0 Å². The first-order chi connectivity index (χ1) is 11.3. The Morgan fingerprint density at radius 3 is 2.35 bits per heavy atom. The number of likely N-dealkylation sites (tertiary alicyclic amines) is 1. The number of fused-ring (bicyclic) bond motifs is 1. The first-order valence-corrected chi connectivity index (χ1v) is 8.96. The van der Waals surface area contributed by atoms with Crippen molar-refractivity contribution in [2.45, 2.75) is 38.3 Å². The van der Waals surface area contributed by atoms with Crippen molar-refractivity contribution in [1.82, 2.24) is 4.90 Å². The normalized spacial score (nSPS) is 20.5. The number of hydrogen-bond acceptors (Lipinski definition) is 2. The second-order valence-corrected chi connectivity index (χ2v) is 6.93. The molecule has 1 saturated heterocycles. The average molecular weight is 306 g/mol. The highest BCUT2D eigenvalue weighted by molar-refractivity contribution is 5.58. The molecule has 0 aromatic heterocycles. The average Bonchev–Trinajstić information content (AvgIpc) is 3.06. The maximum atomic E-state index is 2.67. The van der Waals surface area contributed by atoms with Gasteiger partial charge in [0.2, 0.25) is 0 Å². The molecule has 0 N–H and O–H groups in total. The highest BCUT2D eigenvalue weighted by Crippen LogP contribution is 2.33. The second kappa shape index (κ2) is 6.37. The van der Waals surface area contributed by atoms with Gasteiger partial charge in [-0.3, -0.25) is 4.90 Å². The minimum absolute atomic E-state index is 0.531. The molecule has 0 spiro atoms. The van der Waals surface area contributed by atoms with Crippen molar-refractivity contribution in [1.29, 1.82) is 0 Å². The van der Waals surface area contributed by atoms with Crippen molar-refractivity contribution in [3.63, 3.8) is 0 Å². The Morgan fingerprint density at radius 2 is 1.57 bits per heavy atom. The number of para-hydroxylation sites is 1. The summed E-state index contributed by atoms with van der Waals surface area (Å²) in [5.41, 5.74) is 4.46. The zero-order chi connectivity index (χ0) is 15.6. The Morgan fingerprint density at radius 1 is 0.870 bits per heavy atom. The summed E-state index contributed by atoms with van der Waals surface area (Å²) in [4.78, 5) is 5.31. The summed E-state index contributed by atoms with van der Waals surface area (Å²) in [5.74, 6) is 0. The third kappa shape index (κ3) is 2.88. The number of benzene rings is 2. The van der Waals surface area contributed by atoms with Crippen molar-refractivity contribution >= 4 is 5.69 Å². The maximum absolute atomic E-state index is 2.67. The van der Waals surface area contributed by atoms with E-state index in [1.807, 2.05) is 0 Å². The molecule has 0 aliphatic carbocycles. The molecule has 2 nitrogen and oxygen atoms in total. The van der Waals surface area contributed by atoms with Crippen LogP contribution >= 0.6 is 0 Å². The number of hydrogen-bond donors (Lipinski definition) is 0. The van der Waals surface area contributed by atoms with Gasteiger partial charge in [-0.15, -0.1) is 0 Å². The quantitative estimate of drug-likeness (QED) is 0.835. The standard InChI is InChI=1S/C21H26N2/c1-17(18-7-3-2-4-8-18)22-14-12-20(13-15-22)23-16-11-19-9-5-6-10-21(19)23/h2-10,17,20H,11-16H2,1H3. The molecule has 1 unspecified atom stereocenters. The smallest absolute Gasteiger partial charge is 0.0402 e. The van der Waals surface area contributed by atoms with E-state index < -0.39 is 0 Å². The predicted octanol–water partition coefficient (Wildman–Crippen LogP) is 4.27. The number of piperidine rings is 1. The lowest BCUT2D eigenvalue weighted by Crippen LogP contribution is -2.45. The van der Waals surface area contributed by atoms with Crippen LogP contribution in [0.1, 0.15) is 36.9 Å². The van der Waals surface area contributed by atoms with Gasteiger partial charge < -0.3 is 4.90 Å². The Bertz CT molecular complexity index is 644. The van der Waals surface area contributed by atoms with Crippen molar-refractivity contribution in [2.75, 3.05) is 24.5 Å². The summed E-state index contributed by atoms with van der Waals surface area (Å²) in [6.07, 6.45) is 3.79. The van der Waals surface area contributed by atoms with Gasteiger partial charge in [0.25, 0.3) is 0 Å². The van der Waals surface area contributed by atoms with E-state index in [9.17, 15) is 0 Å². The van der Waals surface area contributed by atoms with Gasteiger partial charge in [0.05, 0.1) is 0 Å². The van der Waals surface area contributed by atoms with Crippen LogP contribution in [0.3, 0.4) is 0 Å². The lowest BCUT2D eigenvalue weighted by atomic mass is 9.99. The number of nitrogens with zero attached hydrogens (tertiary/aromatic N) is 2. The molecule has 4 rings (SSSR count). The van der Waals surface area contributed by atoms with Crippen molar-refractivity contribution in [3.05, 3.63) is 65.7 Å². The van der Waals surface area contributed by atoms with E-state index in [4.69, 9.17) is 0 Å². The molecule has 1 atom stereocenters. The van der Waals surface area contributed by atoms with E-state index in [0.717, 1.165) is 6.04 Å². The molecule has 2 aromatic rings. The summed E-state index contributed by atoms with van der Waals surface area (Å²) in [6, 6.07) is 21.1. The molecule has 0 bridgehead atoms. The van der Waals surface area contributed by atoms with Gasteiger partial charge in [0.1, 0.15) is 0 Å². The van der Waals surface area contributed by atoms with Crippen LogP contribution in [0.15, 0.2) is 54.6 Å². The fourth-order valence-corrected chi connectivity index (χ4v) is 4.27. The lowest BCUT2D eigenvalue weighted by Gasteiger charge is -2.40. The molecule has 1 fully saturated rings. The van der Waals surface area contributed by atoms with Crippen molar-refractivity contribution < 1.29 is 0 Å². The Labute approximate surface area is 139 Å². The zero-order valence-corrected chi connectivity index (χ0v) is 14.0. The highest BCUT2D eigenvalue weighted by Gasteiger charge is 2.30. The summed E-state index contributed by atoms with van der Waals surface area (Å²) >= 11 is 0. The molecule has 0 radical (unpaired) electrons. The van der Waals surface area contributed by atoms with Crippen LogP contribution in [0, 0.1) is 0 Å². The van der Waals surface area contributed by atoms with Crippen LogP contribution in [0.25, 0.3) is 0 Å². The molecule has 120 valence electrons. The van der Waals surface area contributed by atoms with Gasteiger partial charge in [-0.2, -0.15) is 0 Å². The van der Waals surface area contributed by atoms with Gasteiger partial charge in [-0.1, -0.05) is 48.5 Å². The molecule has 2 heterocycles. The van der Waals surface area contributed by atoms with E-state index in [0.29, 0.717) is 6.04 Å². The number of anilines is 1. The van der Waals surface area contributed by atoms with E-state index in [1.165, 1.54) is 55.7 Å². The van der Waals surface area contributed by atoms with Crippen LogP contribution in [0.4, 0.5) is 5.69 Å². The fraction of sp³-hybridized carbons (Fsp3) is 0.429. The second-order valence-electron chi connectivity index (χ2n) is 6.93. The molecular formula is C21H26N2. The third-order valence-electron chi connectivity index (χ3n) is 5.69. The van der Waals surface area contributed by atoms with Crippen LogP contribution in [0.2, 0.25) is 0 Å². The minimum Gasteiger partial charge on any atom is -0.368 e. The van der Waals surface area contributed by atoms with Crippen LogP contribution in [0.5, 0.6) is 0 Å². The first kappa shape index (κ1) is 14.8. The first-order valence-electron chi connectivity index (χ1n) is 8.96. The van der Waals surface area contributed by atoms with Gasteiger partial charge in [-0.25, -0.2) is 0 Å². The third-order valence-corrected chi connectivity index (χ3v) is 5.69. The molecule has 2 heteroatoms. The topological polar surface area (TPSA) is 6.48 Å². The van der Waals surface area contributed by atoms with Gasteiger partial charge in [0, 0.05) is 37.4 Å². The van der Waals surface area contributed by atoms with Gasteiger partial charge in [0.15, 0.2) is 0 Å². The molecule has 23 heavy (non-hydrogen) atoms. The highest BCUT2D eigenvalue weighted by atomic mass is 15.2. The van der Waals surface area contributed by atoms with Crippen molar-refractivity contribution in [2.24, 2.45) is 0 Å². The van der Waals surface area contributed by atoms with Crippen molar-refractivity contribution in [3.8, 4) is 0 Å². The fourth-order valence-electron chi connectivity index (χ4n) is 4.27.